The van der Waals surface area contributed by atoms with Gasteiger partial charge in [0.1, 0.15) is 0 Å². The number of aromatic nitrogens is 1. The molecule has 2 N–H and O–H groups in total. The first-order valence-corrected chi connectivity index (χ1v) is 8.46. The number of fused-ring (bicyclic) bond motifs is 3. The molecule has 0 spiro atoms. The van der Waals surface area contributed by atoms with Crippen molar-refractivity contribution in [3.05, 3.63) is 59.3 Å². The summed E-state index contributed by atoms with van der Waals surface area (Å²) in [5.41, 5.74) is 4.94. The van der Waals surface area contributed by atoms with E-state index < -0.39 is 0 Å². The molecule has 4 heteroatoms. The second kappa shape index (κ2) is 6.21. The zero-order valence-electron chi connectivity index (χ0n) is 14.1. The first-order valence-electron chi connectivity index (χ1n) is 8.46. The standard InChI is InChI=1S/C20H22N2O2/c1-3-24-20-15(8-6-10-17(20)23-2)18-19-14(11-12-21-18)13-7-4-5-9-16(13)22-19/h4-10,18,21-22H,3,11-12H2,1-2H3. The van der Waals surface area contributed by atoms with Crippen molar-refractivity contribution in [1.29, 1.82) is 0 Å². The molecule has 3 aromatic rings. The van der Waals surface area contributed by atoms with Gasteiger partial charge in [0.2, 0.25) is 0 Å². The summed E-state index contributed by atoms with van der Waals surface area (Å²) < 4.78 is 11.4. The summed E-state index contributed by atoms with van der Waals surface area (Å²) >= 11 is 0. The van der Waals surface area contributed by atoms with Crippen LogP contribution in [0.15, 0.2) is 42.5 Å². The molecule has 1 aliphatic rings. The monoisotopic (exact) mass is 322 g/mol. The van der Waals surface area contributed by atoms with Crippen molar-refractivity contribution in [2.45, 2.75) is 19.4 Å². The van der Waals surface area contributed by atoms with Crippen LogP contribution in [0.3, 0.4) is 0 Å². The van der Waals surface area contributed by atoms with Gasteiger partial charge in [0.25, 0.3) is 0 Å². The van der Waals surface area contributed by atoms with Crippen LogP contribution in [0.4, 0.5) is 0 Å². The minimum Gasteiger partial charge on any atom is -0.493 e. The summed E-state index contributed by atoms with van der Waals surface area (Å²) in [6, 6.07) is 14.7. The highest BCUT2D eigenvalue weighted by Crippen LogP contribution is 2.40. The van der Waals surface area contributed by atoms with Crippen molar-refractivity contribution in [1.82, 2.24) is 10.3 Å². The smallest absolute Gasteiger partial charge is 0.166 e. The predicted molar refractivity (Wildman–Crippen MR) is 96.0 cm³/mol. The Balaban J connectivity index is 1.88. The molecule has 1 unspecified atom stereocenters. The number of hydrogen-bond acceptors (Lipinski definition) is 3. The number of methoxy groups -OCH3 is 1. The zero-order chi connectivity index (χ0) is 16.5. The normalized spacial score (nSPS) is 16.8. The van der Waals surface area contributed by atoms with Crippen LogP contribution in [0.25, 0.3) is 10.9 Å². The topological polar surface area (TPSA) is 46.3 Å². The Morgan fingerprint density at radius 2 is 2.00 bits per heavy atom. The lowest BCUT2D eigenvalue weighted by Gasteiger charge is -2.27. The van der Waals surface area contributed by atoms with Crippen molar-refractivity contribution < 1.29 is 9.47 Å². The first kappa shape index (κ1) is 15.1. The lowest BCUT2D eigenvalue weighted by Crippen LogP contribution is -2.30. The molecule has 24 heavy (non-hydrogen) atoms. The highest BCUT2D eigenvalue weighted by molar-refractivity contribution is 5.85. The molecule has 1 aliphatic heterocycles. The number of benzene rings is 2. The number of nitrogens with one attached hydrogen (secondary N) is 2. The van der Waals surface area contributed by atoms with E-state index in [1.165, 1.54) is 22.2 Å². The third-order valence-corrected chi connectivity index (χ3v) is 4.69. The summed E-state index contributed by atoms with van der Waals surface area (Å²) in [6.07, 6.45) is 1.03. The molecular formula is C20H22N2O2. The van der Waals surface area contributed by atoms with Gasteiger partial charge in [-0.3, -0.25) is 0 Å². The average molecular weight is 322 g/mol. The highest BCUT2D eigenvalue weighted by Gasteiger charge is 2.28. The van der Waals surface area contributed by atoms with E-state index in [4.69, 9.17) is 9.47 Å². The van der Waals surface area contributed by atoms with Gasteiger partial charge in [-0.25, -0.2) is 0 Å². The number of H-pyrrole nitrogens is 1. The molecule has 0 aliphatic carbocycles. The van der Waals surface area contributed by atoms with Crippen molar-refractivity contribution in [2.75, 3.05) is 20.3 Å². The van der Waals surface area contributed by atoms with Crippen LogP contribution >= 0.6 is 0 Å². The number of rotatable bonds is 4. The van der Waals surface area contributed by atoms with E-state index in [1.54, 1.807) is 7.11 Å². The number of ether oxygens (including phenoxy) is 2. The van der Waals surface area contributed by atoms with Crippen molar-refractivity contribution in [3.8, 4) is 11.5 Å². The Bertz CT molecular complexity index is 869. The molecule has 4 nitrogen and oxygen atoms in total. The Kier molecular flexibility index (Phi) is 3.90. The second-order valence-corrected chi connectivity index (χ2v) is 6.01. The van der Waals surface area contributed by atoms with E-state index in [0.29, 0.717) is 6.61 Å². The number of hydrogen-bond donors (Lipinski definition) is 2. The molecule has 4 rings (SSSR count). The maximum absolute atomic E-state index is 5.92. The van der Waals surface area contributed by atoms with Gasteiger partial charge in [-0.2, -0.15) is 0 Å². The van der Waals surface area contributed by atoms with Crippen LogP contribution in [-0.2, 0) is 6.42 Å². The molecule has 0 amide bonds. The summed E-state index contributed by atoms with van der Waals surface area (Å²) in [5.74, 6) is 1.60. The van der Waals surface area contributed by atoms with Gasteiger partial charge in [0.15, 0.2) is 11.5 Å². The van der Waals surface area contributed by atoms with Gasteiger partial charge >= 0.3 is 0 Å². The van der Waals surface area contributed by atoms with Gasteiger partial charge in [0, 0.05) is 28.7 Å². The number of aromatic amines is 1. The van der Waals surface area contributed by atoms with Crippen LogP contribution in [0.2, 0.25) is 0 Å². The summed E-state index contributed by atoms with van der Waals surface area (Å²) in [5, 5.41) is 4.96. The maximum atomic E-state index is 5.92. The van der Waals surface area contributed by atoms with Gasteiger partial charge in [-0.1, -0.05) is 30.3 Å². The molecule has 0 fully saturated rings. The average Bonchev–Trinajstić information content (AvgIpc) is 3.01. The Labute approximate surface area is 141 Å². The third kappa shape index (κ3) is 2.34. The van der Waals surface area contributed by atoms with Crippen molar-refractivity contribution >= 4 is 10.9 Å². The molecule has 1 atom stereocenters. The van der Waals surface area contributed by atoms with E-state index in [-0.39, 0.29) is 6.04 Å². The highest BCUT2D eigenvalue weighted by atomic mass is 16.5. The maximum Gasteiger partial charge on any atom is 0.166 e. The number of para-hydroxylation sites is 2. The van der Waals surface area contributed by atoms with Crippen LogP contribution in [0, 0.1) is 0 Å². The lowest BCUT2D eigenvalue weighted by molar-refractivity contribution is 0.304. The molecule has 1 aromatic heterocycles. The SMILES string of the molecule is CCOc1c(OC)cccc1C1NCCc2c1[nH]c1ccccc21. The molecule has 2 heterocycles. The molecule has 0 saturated carbocycles. The van der Waals surface area contributed by atoms with Crippen molar-refractivity contribution in [2.24, 2.45) is 0 Å². The zero-order valence-corrected chi connectivity index (χ0v) is 14.1. The van der Waals surface area contributed by atoms with Crippen LogP contribution in [-0.4, -0.2) is 25.2 Å². The quantitative estimate of drug-likeness (QED) is 0.768. The molecular weight excluding hydrogens is 300 g/mol. The molecule has 124 valence electrons. The fourth-order valence-electron chi connectivity index (χ4n) is 3.67. The van der Waals surface area contributed by atoms with E-state index in [9.17, 15) is 0 Å². The summed E-state index contributed by atoms with van der Waals surface area (Å²) in [6.45, 7) is 3.56. The van der Waals surface area contributed by atoms with Crippen LogP contribution in [0.1, 0.15) is 29.8 Å². The summed E-state index contributed by atoms with van der Waals surface area (Å²) in [7, 11) is 1.68. The van der Waals surface area contributed by atoms with Crippen molar-refractivity contribution in [3.63, 3.8) is 0 Å². The van der Waals surface area contributed by atoms with E-state index in [2.05, 4.69) is 40.6 Å². The molecule has 2 aromatic carbocycles. The fraction of sp³-hybridized carbons (Fsp3) is 0.300. The second-order valence-electron chi connectivity index (χ2n) is 6.01. The van der Waals surface area contributed by atoms with E-state index in [1.807, 2.05) is 19.1 Å². The minimum absolute atomic E-state index is 0.0813. The van der Waals surface area contributed by atoms with Gasteiger partial charge in [-0.05, 0) is 31.0 Å². The largest absolute Gasteiger partial charge is 0.493 e. The van der Waals surface area contributed by atoms with E-state index >= 15 is 0 Å². The lowest BCUT2D eigenvalue weighted by atomic mass is 9.93. The van der Waals surface area contributed by atoms with Gasteiger partial charge in [-0.15, -0.1) is 0 Å². The first-order chi connectivity index (χ1) is 11.8. The van der Waals surface area contributed by atoms with Gasteiger partial charge < -0.3 is 19.8 Å². The molecule has 0 saturated heterocycles. The third-order valence-electron chi connectivity index (χ3n) is 4.69. The predicted octanol–water partition coefficient (Wildman–Crippen LogP) is 3.81. The van der Waals surface area contributed by atoms with Gasteiger partial charge in [0.05, 0.1) is 19.8 Å². The summed E-state index contributed by atoms with van der Waals surface area (Å²) in [4.78, 5) is 3.61. The Morgan fingerprint density at radius 3 is 2.83 bits per heavy atom. The fourth-order valence-corrected chi connectivity index (χ4v) is 3.67. The Morgan fingerprint density at radius 1 is 1.12 bits per heavy atom. The van der Waals surface area contributed by atoms with E-state index in [0.717, 1.165) is 30.0 Å². The molecule has 0 radical (unpaired) electrons. The van der Waals surface area contributed by atoms with Crippen LogP contribution < -0.4 is 14.8 Å². The minimum atomic E-state index is 0.0813. The molecule has 0 bridgehead atoms. The Hall–Kier alpha value is -2.46. The van der Waals surface area contributed by atoms with Crippen LogP contribution in [0.5, 0.6) is 11.5 Å².